The van der Waals surface area contributed by atoms with Gasteiger partial charge in [0.15, 0.2) is 0 Å². The first kappa shape index (κ1) is 13.3. The maximum Gasteiger partial charge on any atom is 0.326 e. The largest absolute Gasteiger partial charge is 0.480 e. The highest BCUT2D eigenvalue weighted by Gasteiger charge is 2.44. The van der Waals surface area contributed by atoms with Crippen molar-refractivity contribution in [1.82, 2.24) is 4.90 Å². The van der Waals surface area contributed by atoms with E-state index in [-0.39, 0.29) is 24.0 Å². The number of rotatable bonds is 3. The number of likely N-dealkylation sites (tertiary alicyclic amines) is 1. The van der Waals surface area contributed by atoms with E-state index in [4.69, 9.17) is 9.47 Å². The van der Waals surface area contributed by atoms with Gasteiger partial charge >= 0.3 is 5.97 Å². The number of carbonyl (C=O) groups is 2. The summed E-state index contributed by atoms with van der Waals surface area (Å²) in [5.41, 5.74) is 0. The van der Waals surface area contributed by atoms with Gasteiger partial charge in [0, 0.05) is 26.7 Å². The molecule has 0 aliphatic carbocycles. The topological polar surface area (TPSA) is 76.1 Å². The SMILES string of the molecule is COC1CC(C(=O)O)N(C(=O)C2CCOC2C)C1. The molecule has 0 aromatic carbocycles. The smallest absolute Gasteiger partial charge is 0.326 e. The Morgan fingerprint density at radius 3 is 2.67 bits per heavy atom. The predicted octanol–water partition coefficient (Wildman–Crippen LogP) is 0.112. The van der Waals surface area contributed by atoms with E-state index >= 15 is 0 Å². The molecule has 2 aliphatic heterocycles. The van der Waals surface area contributed by atoms with Crippen LogP contribution in [0, 0.1) is 5.92 Å². The zero-order chi connectivity index (χ0) is 13.3. The van der Waals surface area contributed by atoms with Gasteiger partial charge in [-0.15, -0.1) is 0 Å². The summed E-state index contributed by atoms with van der Waals surface area (Å²) in [6, 6.07) is -0.768. The number of methoxy groups -OCH3 is 1. The van der Waals surface area contributed by atoms with Crippen molar-refractivity contribution in [2.45, 2.75) is 38.0 Å². The molecule has 2 fully saturated rings. The van der Waals surface area contributed by atoms with Crippen LogP contribution in [0.3, 0.4) is 0 Å². The Morgan fingerprint density at radius 1 is 1.44 bits per heavy atom. The highest BCUT2D eigenvalue weighted by atomic mass is 16.5. The van der Waals surface area contributed by atoms with E-state index in [1.807, 2.05) is 6.92 Å². The predicted molar refractivity (Wildman–Crippen MR) is 62.1 cm³/mol. The summed E-state index contributed by atoms with van der Waals surface area (Å²) in [5, 5.41) is 9.17. The monoisotopic (exact) mass is 257 g/mol. The minimum atomic E-state index is -0.963. The fourth-order valence-electron chi connectivity index (χ4n) is 2.71. The molecule has 0 bridgehead atoms. The number of carboxylic acid groups (broad SMARTS) is 1. The first-order chi connectivity index (χ1) is 8.54. The molecule has 0 spiro atoms. The molecule has 4 unspecified atom stereocenters. The highest BCUT2D eigenvalue weighted by Crippen LogP contribution is 2.28. The minimum absolute atomic E-state index is 0.119. The number of ether oxygens (including phenoxy) is 2. The first-order valence-electron chi connectivity index (χ1n) is 6.22. The number of hydrogen-bond acceptors (Lipinski definition) is 4. The van der Waals surface area contributed by atoms with Crippen LogP contribution in [0.4, 0.5) is 0 Å². The quantitative estimate of drug-likeness (QED) is 0.776. The Balaban J connectivity index is 2.10. The van der Waals surface area contributed by atoms with Gasteiger partial charge in [-0.1, -0.05) is 0 Å². The van der Waals surface area contributed by atoms with E-state index < -0.39 is 12.0 Å². The van der Waals surface area contributed by atoms with Crippen LogP contribution in [0.5, 0.6) is 0 Å². The summed E-state index contributed by atoms with van der Waals surface area (Å²) in [5.74, 6) is -1.30. The highest BCUT2D eigenvalue weighted by molar-refractivity contribution is 5.86. The fraction of sp³-hybridized carbons (Fsp3) is 0.833. The molecule has 102 valence electrons. The molecule has 1 N–H and O–H groups in total. The molecule has 6 nitrogen and oxygen atoms in total. The van der Waals surface area contributed by atoms with Crippen LogP contribution in [-0.2, 0) is 19.1 Å². The summed E-state index contributed by atoms with van der Waals surface area (Å²) in [4.78, 5) is 25.0. The third-order valence-corrected chi connectivity index (χ3v) is 3.86. The van der Waals surface area contributed by atoms with Crippen molar-refractivity contribution in [2.24, 2.45) is 5.92 Å². The van der Waals surface area contributed by atoms with Gasteiger partial charge in [0.05, 0.1) is 18.1 Å². The number of nitrogens with zero attached hydrogens (tertiary/aromatic N) is 1. The normalized spacial score (nSPS) is 36.0. The molecule has 2 heterocycles. The Bertz CT molecular complexity index is 345. The lowest BCUT2D eigenvalue weighted by molar-refractivity contribution is -0.150. The summed E-state index contributed by atoms with van der Waals surface area (Å²) in [6.45, 7) is 2.78. The molecular weight excluding hydrogens is 238 g/mol. The molecule has 1 amide bonds. The summed E-state index contributed by atoms with van der Waals surface area (Å²) in [7, 11) is 1.54. The zero-order valence-electron chi connectivity index (χ0n) is 10.7. The van der Waals surface area contributed by atoms with Crippen LogP contribution in [0.2, 0.25) is 0 Å². The van der Waals surface area contributed by atoms with Crippen LogP contribution in [0.1, 0.15) is 19.8 Å². The van der Waals surface area contributed by atoms with Crippen LogP contribution in [0.25, 0.3) is 0 Å². The van der Waals surface area contributed by atoms with Crippen molar-refractivity contribution >= 4 is 11.9 Å². The minimum Gasteiger partial charge on any atom is -0.480 e. The summed E-state index contributed by atoms with van der Waals surface area (Å²) >= 11 is 0. The number of aliphatic carboxylic acids is 1. The molecule has 2 saturated heterocycles. The Morgan fingerprint density at radius 2 is 2.17 bits per heavy atom. The van der Waals surface area contributed by atoms with Gasteiger partial charge in [0.25, 0.3) is 0 Å². The van der Waals surface area contributed by atoms with E-state index in [1.165, 1.54) is 4.90 Å². The fourth-order valence-corrected chi connectivity index (χ4v) is 2.71. The average Bonchev–Trinajstić information content (AvgIpc) is 2.93. The Labute approximate surface area is 106 Å². The van der Waals surface area contributed by atoms with E-state index in [0.29, 0.717) is 26.0 Å². The Hall–Kier alpha value is -1.14. The van der Waals surface area contributed by atoms with Gasteiger partial charge in [-0.05, 0) is 13.3 Å². The molecule has 18 heavy (non-hydrogen) atoms. The second-order valence-electron chi connectivity index (χ2n) is 4.91. The number of amides is 1. The summed E-state index contributed by atoms with van der Waals surface area (Å²) in [6.07, 6.45) is 0.709. The van der Waals surface area contributed by atoms with Crippen molar-refractivity contribution in [3.8, 4) is 0 Å². The van der Waals surface area contributed by atoms with E-state index in [0.717, 1.165) is 0 Å². The standard InChI is InChI=1S/C12H19NO5/c1-7-9(3-4-18-7)11(14)13-6-8(17-2)5-10(13)12(15)16/h7-10H,3-6H2,1-2H3,(H,15,16). The number of carboxylic acids is 1. The maximum absolute atomic E-state index is 12.4. The third kappa shape index (κ3) is 2.35. The van der Waals surface area contributed by atoms with Crippen LogP contribution < -0.4 is 0 Å². The molecule has 0 radical (unpaired) electrons. The first-order valence-corrected chi connectivity index (χ1v) is 6.22. The van der Waals surface area contributed by atoms with Gasteiger partial charge in [0.1, 0.15) is 6.04 Å². The molecule has 2 aliphatic rings. The number of carbonyl (C=O) groups excluding carboxylic acids is 1. The van der Waals surface area contributed by atoms with Crippen molar-refractivity contribution in [3.05, 3.63) is 0 Å². The van der Waals surface area contributed by atoms with E-state index in [2.05, 4.69) is 0 Å². The molecule has 4 atom stereocenters. The van der Waals surface area contributed by atoms with Gasteiger partial charge in [0.2, 0.25) is 5.91 Å². The second-order valence-corrected chi connectivity index (χ2v) is 4.91. The van der Waals surface area contributed by atoms with Gasteiger partial charge < -0.3 is 19.5 Å². The molecule has 2 rings (SSSR count). The molecule has 0 aromatic heterocycles. The zero-order valence-corrected chi connectivity index (χ0v) is 10.7. The van der Waals surface area contributed by atoms with E-state index in [1.54, 1.807) is 7.11 Å². The molecule has 0 aromatic rings. The maximum atomic E-state index is 12.4. The van der Waals surface area contributed by atoms with Crippen molar-refractivity contribution in [1.29, 1.82) is 0 Å². The lowest BCUT2D eigenvalue weighted by Gasteiger charge is -2.25. The lowest BCUT2D eigenvalue weighted by atomic mass is 10.0. The molecular formula is C12H19NO5. The molecule has 6 heteroatoms. The van der Waals surface area contributed by atoms with Crippen LogP contribution in [0.15, 0.2) is 0 Å². The van der Waals surface area contributed by atoms with E-state index in [9.17, 15) is 14.7 Å². The van der Waals surface area contributed by atoms with Crippen molar-refractivity contribution in [2.75, 3.05) is 20.3 Å². The van der Waals surface area contributed by atoms with Crippen LogP contribution in [-0.4, -0.2) is 60.4 Å². The Kier molecular flexibility index (Phi) is 3.87. The van der Waals surface area contributed by atoms with Crippen molar-refractivity contribution in [3.63, 3.8) is 0 Å². The van der Waals surface area contributed by atoms with Crippen LogP contribution >= 0.6 is 0 Å². The van der Waals surface area contributed by atoms with Crippen molar-refractivity contribution < 1.29 is 24.2 Å². The van der Waals surface area contributed by atoms with Gasteiger partial charge in [-0.3, -0.25) is 4.79 Å². The molecule has 0 saturated carbocycles. The average molecular weight is 257 g/mol. The third-order valence-electron chi connectivity index (χ3n) is 3.86. The summed E-state index contributed by atoms with van der Waals surface area (Å²) < 4.78 is 10.5. The van der Waals surface area contributed by atoms with Gasteiger partial charge in [-0.25, -0.2) is 4.79 Å². The number of hydrogen-bond donors (Lipinski definition) is 1. The second kappa shape index (κ2) is 5.24. The van der Waals surface area contributed by atoms with Gasteiger partial charge in [-0.2, -0.15) is 0 Å². The lowest BCUT2D eigenvalue weighted by Crippen LogP contribution is -2.45.